The molecule has 0 unspecified atom stereocenters. The summed E-state index contributed by atoms with van der Waals surface area (Å²) in [7, 11) is 0. The van der Waals surface area contributed by atoms with E-state index in [1.54, 1.807) is 33.9 Å². The normalized spacial score (nSPS) is 14.8. The smallest absolute Gasteiger partial charge is 0.435 e. The van der Waals surface area contributed by atoms with Crippen LogP contribution in [0.25, 0.3) is 11.3 Å². The van der Waals surface area contributed by atoms with E-state index in [1.165, 1.54) is 10.7 Å². The number of carbonyl (C=O) groups excluding carboxylic acids is 1. The fourth-order valence-electron chi connectivity index (χ4n) is 2.38. The summed E-state index contributed by atoms with van der Waals surface area (Å²) < 4.78 is 20.1. The van der Waals surface area contributed by atoms with E-state index in [-0.39, 0.29) is 16.6 Å². The Hall–Kier alpha value is -1.95. The van der Waals surface area contributed by atoms with Crippen LogP contribution in [0.2, 0.25) is 5.02 Å². The standard InChI is InChI=1S/C17H19ClFN3O2/c1-9-13(19)7-12(18)15(20-9)11-8-22(16(23)24-17(2,3)4)21-14(11)10-5-6-10/h7-8,10H,5-6H2,1-4H3. The molecule has 2 heterocycles. The predicted molar refractivity (Wildman–Crippen MR) is 88.8 cm³/mol. The number of hydrogen-bond acceptors (Lipinski definition) is 4. The summed E-state index contributed by atoms with van der Waals surface area (Å²) in [6.45, 7) is 6.95. The van der Waals surface area contributed by atoms with Crippen LogP contribution >= 0.6 is 11.6 Å². The second-order valence-electron chi connectivity index (χ2n) is 7.01. The average molecular weight is 352 g/mol. The molecule has 0 amide bonds. The molecular formula is C17H19ClFN3O2. The second kappa shape index (κ2) is 5.84. The minimum Gasteiger partial charge on any atom is -0.442 e. The SMILES string of the molecule is Cc1nc(-c2cn(C(=O)OC(C)(C)C)nc2C2CC2)c(Cl)cc1F. The van der Waals surface area contributed by atoms with Crippen molar-refractivity contribution in [2.45, 2.75) is 52.1 Å². The van der Waals surface area contributed by atoms with E-state index in [0.29, 0.717) is 11.3 Å². The monoisotopic (exact) mass is 351 g/mol. The molecule has 3 rings (SSSR count). The maximum absolute atomic E-state index is 13.6. The molecule has 1 saturated carbocycles. The zero-order valence-corrected chi connectivity index (χ0v) is 14.8. The summed E-state index contributed by atoms with van der Waals surface area (Å²) in [6.07, 6.45) is 2.99. The highest BCUT2D eigenvalue weighted by atomic mass is 35.5. The van der Waals surface area contributed by atoms with Crippen molar-refractivity contribution in [3.8, 4) is 11.3 Å². The van der Waals surface area contributed by atoms with Gasteiger partial charge in [-0.1, -0.05) is 11.6 Å². The van der Waals surface area contributed by atoms with E-state index in [1.807, 2.05) is 0 Å². The Morgan fingerprint density at radius 2 is 2.08 bits per heavy atom. The minimum atomic E-state index is -0.620. The Labute approximate surface area is 144 Å². The van der Waals surface area contributed by atoms with Crippen molar-refractivity contribution in [3.63, 3.8) is 0 Å². The highest BCUT2D eigenvalue weighted by molar-refractivity contribution is 6.33. The maximum Gasteiger partial charge on any atom is 0.435 e. The largest absolute Gasteiger partial charge is 0.442 e. The molecule has 2 aromatic rings. The molecule has 24 heavy (non-hydrogen) atoms. The van der Waals surface area contributed by atoms with Crippen LogP contribution in [0.5, 0.6) is 0 Å². The van der Waals surface area contributed by atoms with Gasteiger partial charge in [-0.15, -0.1) is 0 Å². The molecule has 5 nitrogen and oxygen atoms in total. The van der Waals surface area contributed by atoms with Gasteiger partial charge in [0.05, 0.1) is 22.1 Å². The molecule has 0 aliphatic heterocycles. The van der Waals surface area contributed by atoms with E-state index < -0.39 is 17.5 Å². The molecule has 0 spiro atoms. The quantitative estimate of drug-likeness (QED) is 0.786. The lowest BCUT2D eigenvalue weighted by atomic mass is 10.1. The zero-order valence-electron chi connectivity index (χ0n) is 14.1. The summed E-state index contributed by atoms with van der Waals surface area (Å²) >= 11 is 6.17. The molecule has 0 N–H and O–H groups in total. The van der Waals surface area contributed by atoms with Crippen LogP contribution in [0, 0.1) is 12.7 Å². The van der Waals surface area contributed by atoms with E-state index >= 15 is 0 Å². The fraction of sp³-hybridized carbons (Fsp3) is 0.471. The Morgan fingerprint density at radius 3 is 2.67 bits per heavy atom. The average Bonchev–Trinajstić information content (AvgIpc) is 3.20. The van der Waals surface area contributed by atoms with Crippen molar-refractivity contribution in [1.82, 2.24) is 14.8 Å². The molecule has 0 aromatic carbocycles. The third-order valence-electron chi connectivity index (χ3n) is 3.65. The molecule has 1 fully saturated rings. The molecule has 0 atom stereocenters. The van der Waals surface area contributed by atoms with E-state index in [0.717, 1.165) is 18.5 Å². The lowest BCUT2D eigenvalue weighted by molar-refractivity contribution is 0.0514. The Morgan fingerprint density at radius 1 is 1.42 bits per heavy atom. The van der Waals surface area contributed by atoms with Crippen LogP contribution in [0.3, 0.4) is 0 Å². The predicted octanol–water partition coefficient (Wildman–Crippen LogP) is 4.71. The van der Waals surface area contributed by atoms with Gasteiger partial charge in [-0.2, -0.15) is 9.78 Å². The number of ether oxygens (including phenoxy) is 1. The number of aryl methyl sites for hydroxylation is 1. The van der Waals surface area contributed by atoms with Crippen LogP contribution in [0.4, 0.5) is 9.18 Å². The van der Waals surface area contributed by atoms with Crippen molar-refractivity contribution in [2.75, 3.05) is 0 Å². The first-order valence-corrected chi connectivity index (χ1v) is 8.19. The Balaban J connectivity index is 2.05. The van der Waals surface area contributed by atoms with Gasteiger partial charge < -0.3 is 4.74 Å². The molecular weight excluding hydrogens is 333 g/mol. The van der Waals surface area contributed by atoms with E-state index in [9.17, 15) is 9.18 Å². The molecule has 2 aromatic heterocycles. The van der Waals surface area contributed by atoms with Gasteiger partial charge in [-0.05, 0) is 46.6 Å². The number of nitrogens with zero attached hydrogens (tertiary/aromatic N) is 3. The first-order chi connectivity index (χ1) is 11.2. The van der Waals surface area contributed by atoms with Crippen molar-refractivity contribution >= 4 is 17.7 Å². The van der Waals surface area contributed by atoms with Crippen molar-refractivity contribution in [1.29, 1.82) is 0 Å². The van der Waals surface area contributed by atoms with Gasteiger partial charge in [0.25, 0.3) is 0 Å². The summed E-state index contributed by atoms with van der Waals surface area (Å²) in [4.78, 5) is 16.5. The number of halogens is 2. The summed E-state index contributed by atoms with van der Waals surface area (Å²) in [5.74, 6) is -0.192. The maximum atomic E-state index is 13.6. The summed E-state index contributed by atoms with van der Waals surface area (Å²) in [5.41, 5.74) is 1.47. The lowest BCUT2D eigenvalue weighted by Crippen LogP contribution is -2.27. The third-order valence-corrected chi connectivity index (χ3v) is 3.94. The first kappa shape index (κ1) is 16.9. The zero-order chi connectivity index (χ0) is 17.6. The molecule has 128 valence electrons. The Kier molecular flexibility index (Phi) is 4.11. The van der Waals surface area contributed by atoms with Crippen LogP contribution in [-0.2, 0) is 4.74 Å². The number of pyridine rings is 1. The minimum absolute atomic E-state index is 0.198. The van der Waals surface area contributed by atoms with Gasteiger partial charge >= 0.3 is 6.09 Å². The Bertz CT molecular complexity index is 807. The van der Waals surface area contributed by atoms with Gasteiger partial charge in [-0.25, -0.2) is 14.2 Å². The highest BCUT2D eigenvalue weighted by Crippen LogP contribution is 2.44. The van der Waals surface area contributed by atoms with Crippen LogP contribution in [0.15, 0.2) is 12.3 Å². The second-order valence-corrected chi connectivity index (χ2v) is 7.42. The first-order valence-electron chi connectivity index (χ1n) is 7.81. The van der Waals surface area contributed by atoms with Crippen LogP contribution in [0.1, 0.15) is 50.9 Å². The van der Waals surface area contributed by atoms with Crippen LogP contribution in [-0.4, -0.2) is 26.5 Å². The highest BCUT2D eigenvalue weighted by Gasteiger charge is 2.32. The molecule has 7 heteroatoms. The van der Waals surface area contributed by atoms with Crippen molar-refractivity contribution in [2.24, 2.45) is 0 Å². The van der Waals surface area contributed by atoms with E-state index in [4.69, 9.17) is 16.3 Å². The molecule has 1 aliphatic rings. The number of aromatic nitrogens is 3. The molecule has 1 aliphatic carbocycles. The number of carbonyl (C=O) groups is 1. The fourth-order valence-corrected chi connectivity index (χ4v) is 2.62. The van der Waals surface area contributed by atoms with Gasteiger partial charge in [0.2, 0.25) is 0 Å². The van der Waals surface area contributed by atoms with Gasteiger partial charge in [0.15, 0.2) is 0 Å². The molecule has 0 bridgehead atoms. The van der Waals surface area contributed by atoms with Crippen molar-refractivity contribution in [3.05, 3.63) is 34.5 Å². The summed E-state index contributed by atoms with van der Waals surface area (Å²) in [5, 5.41) is 4.57. The van der Waals surface area contributed by atoms with Gasteiger partial charge in [0, 0.05) is 17.7 Å². The third kappa shape index (κ3) is 3.43. The van der Waals surface area contributed by atoms with Crippen molar-refractivity contribution < 1.29 is 13.9 Å². The summed E-state index contributed by atoms with van der Waals surface area (Å²) in [6, 6.07) is 1.24. The lowest BCUT2D eigenvalue weighted by Gasteiger charge is -2.18. The van der Waals surface area contributed by atoms with Gasteiger partial charge in [-0.3, -0.25) is 0 Å². The topological polar surface area (TPSA) is 57.0 Å². The number of hydrogen-bond donors (Lipinski definition) is 0. The van der Waals surface area contributed by atoms with Gasteiger partial charge in [0.1, 0.15) is 11.4 Å². The molecule has 0 saturated heterocycles. The van der Waals surface area contributed by atoms with Crippen LogP contribution < -0.4 is 0 Å². The van der Waals surface area contributed by atoms with E-state index in [2.05, 4.69) is 10.1 Å². The number of rotatable bonds is 2. The molecule has 0 radical (unpaired) electrons.